The average molecular weight is 303 g/mol. The lowest BCUT2D eigenvalue weighted by molar-refractivity contribution is -0.119. The fourth-order valence-electron chi connectivity index (χ4n) is 3.65. The molecule has 0 saturated carbocycles. The predicted molar refractivity (Wildman–Crippen MR) is 92.4 cm³/mol. The third kappa shape index (κ3) is 2.98. The van der Waals surface area contributed by atoms with Gasteiger partial charge in [0.25, 0.3) is 0 Å². The minimum absolute atomic E-state index is 0.0278. The molecular weight excluding hydrogens is 274 g/mol. The molecule has 1 amide bonds. The summed E-state index contributed by atoms with van der Waals surface area (Å²) in [5.41, 5.74) is 4.45. The molecule has 2 N–H and O–H groups in total. The van der Waals surface area contributed by atoms with Gasteiger partial charge < -0.3 is 15.5 Å². The molecule has 0 bridgehead atoms. The van der Waals surface area contributed by atoms with E-state index in [9.17, 15) is 4.79 Å². The molecule has 4 nitrogen and oxygen atoms in total. The first kappa shape index (κ1) is 16.8. The molecule has 1 aromatic carbocycles. The number of benzene rings is 1. The molecule has 0 saturated heterocycles. The van der Waals surface area contributed by atoms with Crippen LogP contribution >= 0.6 is 0 Å². The SMILES string of the molecule is CCN1CC(CC)(CC)c2c(CNCC(=O)NC)cccc21. The van der Waals surface area contributed by atoms with Crippen molar-refractivity contribution < 1.29 is 4.79 Å². The molecule has 122 valence electrons. The number of carbonyl (C=O) groups excluding carboxylic acids is 1. The van der Waals surface area contributed by atoms with Crippen LogP contribution in [0, 0.1) is 0 Å². The molecule has 0 fully saturated rings. The molecule has 0 atom stereocenters. The van der Waals surface area contributed by atoms with Crippen LogP contribution < -0.4 is 15.5 Å². The molecule has 0 spiro atoms. The fraction of sp³-hybridized carbons (Fsp3) is 0.611. The molecule has 0 unspecified atom stereocenters. The number of hydrogen-bond donors (Lipinski definition) is 2. The molecule has 2 rings (SSSR count). The Morgan fingerprint density at radius 3 is 2.59 bits per heavy atom. The lowest BCUT2D eigenvalue weighted by atomic mass is 9.75. The number of amides is 1. The molecule has 0 aromatic heterocycles. The van der Waals surface area contributed by atoms with Gasteiger partial charge in [0.1, 0.15) is 0 Å². The monoisotopic (exact) mass is 303 g/mol. The Labute approximate surface area is 134 Å². The van der Waals surface area contributed by atoms with Crippen LogP contribution in [0.2, 0.25) is 0 Å². The standard InChI is InChI=1S/C18H29N3O/c1-5-18(6-2)13-21(7-3)15-10-8-9-14(17(15)18)11-20-12-16(22)19-4/h8-10,20H,5-7,11-13H2,1-4H3,(H,19,22). The van der Waals surface area contributed by atoms with E-state index in [0.29, 0.717) is 6.54 Å². The number of fused-ring (bicyclic) bond motifs is 1. The molecule has 1 aliphatic heterocycles. The van der Waals surface area contributed by atoms with E-state index in [0.717, 1.165) is 32.5 Å². The first-order chi connectivity index (χ1) is 10.6. The van der Waals surface area contributed by atoms with E-state index in [1.54, 1.807) is 7.05 Å². The summed E-state index contributed by atoms with van der Waals surface area (Å²) in [6, 6.07) is 6.59. The molecule has 4 heteroatoms. The molecule has 1 aromatic rings. The number of carbonyl (C=O) groups is 1. The number of hydrogen-bond acceptors (Lipinski definition) is 3. The lowest BCUT2D eigenvalue weighted by Crippen LogP contribution is -2.34. The van der Waals surface area contributed by atoms with E-state index in [-0.39, 0.29) is 11.3 Å². The van der Waals surface area contributed by atoms with Crippen LogP contribution in [0.3, 0.4) is 0 Å². The van der Waals surface area contributed by atoms with Crippen molar-refractivity contribution in [2.75, 3.05) is 31.6 Å². The first-order valence-corrected chi connectivity index (χ1v) is 8.40. The van der Waals surface area contributed by atoms with E-state index < -0.39 is 0 Å². The summed E-state index contributed by atoms with van der Waals surface area (Å²) in [5, 5.41) is 5.92. The second-order valence-corrected chi connectivity index (χ2v) is 6.09. The average Bonchev–Trinajstić information content (AvgIpc) is 2.90. The van der Waals surface area contributed by atoms with Crippen LogP contribution in [0.4, 0.5) is 5.69 Å². The Balaban J connectivity index is 2.30. The summed E-state index contributed by atoms with van der Waals surface area (Å²) < 4.78 is 0. The Morgan fingerprint density at radius 2 is 2.00 bits per heavy atom. The highest BCUT2D eigenvalue weighted by Crippen LogP contribution is 2.46. The van der Waals surface area contributed by atoms with E-state index in [2.05, 4.69) is 54.5 Å². The van der Waals surface area contributed by atoms with Crippen LogP contribution in [0.15, 0.2) is 18.2 Å². The van der Waals surface area contributed by atoms with Gasteiger partial charge in [0.15, 0.2) is 0 Å². The summed E-state index contributed by atoms with van der Waals surface area (Å²) >= 11 is 0. The van der Waals surface area contributed by atoms with E-state index in [1.807, 2.05) is 0 Å². The number of rotatable bonds is 7. The van der Waals surface area contributed by atoms with Crippen molar-refractivity contribution in [2.24, 2.45) is 0 Å². The van der Waals surface area contributed by atoms with Gasteiger partial charge in [-0.15, -0.1) is 0 Å². The Bertz CT molecular complexity index is 523. The smallest absolute Gasteiger partial charge is 0.233 e. The van der Waals surface area contributed by atoms with Crippen molar-refractivity contribution in [3.8, 4) is 0 Å². The first-order valence-electron chi connectivity index (χ1n) is 8.40. The van der Waals surface area contributed by atoms with Crippen molar-refractivity contribution in [1.29, 1.82) is 0 Å². The summed E-state index contributed by atoms with van der Waals surface area (Å²) in [5.74, 6) is 0.0278. The zero-order valence-corrected chi connectivity index (χ0v) is 14.3. The van der Waals surface area contributed by atoms with Gasteiger partial charge >= 0.3 is 0 Å². The number of anilines is 1. The van der Waals surface area contributed by atoms with Gasteiger partial charge in [0.05, 0.1) is 6.54 Å². The summed E-state index contributed by atoms with van der Waals surface area (Å²) in [6.45, 7) is 10.1. The quantitative estimate of drug-likeness (QED) is 0.813. The van der Waals surface area contributed by atoms with Gasteiger partial charge in [-0.3, -0.25) is 4.79 Å². The molecule has 0 aliphatic carbocycles. The van der Waals surface area contributed by atoms with Crippen LogP contribution in [0.25, 0.3) is 0 Å². The van der Waals surface area contributed by atoms with E-state index in [1.165, 1.54) is 16.8 Å². The Morgan fingerprint density at radius 1 is 1.27 bits per heavy atom. The minimum Gasteiger partial charge on any atom is -0.371 e. The highest BCUT2D eigenvalue weighted by Gasteiger charge is 2.40. The molecular formula is C18H29N3O. The van der Waals surface area contributed by atoms with E-state index in [4.69, 9.17) is 0 Å². The Hall–Kier alpha value is -1.55. The largest absolute Gasteiger partial charge is 0.371 e. The second-order valence-electron chi connectivity index (χ2n) is 6.09. The van der Waals surface area contributed by atoms with Crippen LogP contribution in [0.1, 0.15) is 44.7 Å². The maximum absolute atomic E-state index is 11.4. The highest BCUT2D eigenvalue weighted by atomic mass is 16.1. The zero-order chi connectivity index (χ0) is 16.2. The Kier molecular flexibility index (Phi) is 5.46. The minimum atomic E-state index is 0.0278. The maximum Gasteiger partial charge on any atom is 0.233 e. The maximum atomic E-state index is 11.4. The third-order valence-electron chi connectivity index (χ3n) is 5.11. The second kappa shape index (κ2) is 7.14. The van der Waals surface area contributed by atoms with Crippen molar-refractivity contribution in [3.05, 3.63) is 29.3 Å². The van der Waals surface area contributed by atoms with Crippen LogP contribution in [-0.4, -0.2) is 32.6 Å². The topological polar surface area (TPSA) is 44.4 Å². The van der Waals surface area contributed by atoms with Crippen molar-refractivity contribution in [3.63, 3.8) is 0 Å². The van der Waals surface area contributed by atoms with Crippen LogP contribution in [0.5, 0.6) is 0 Å². The van der Waals surface area contributed by atoms with Gasteiger partial charge in [-0.2, -0.15) is 0 Å². The van der Waals surface area contributed by atoms with Gasteiger partial charge in [-0.05, 0) is 37.0 Å². The third-order valence-corrected chi connectivity index (χ3v) is 5.11. The number of nitrogens with zero attached hydrogens (tertiary/aromatic N) is 1. The van der Waals surface area contributed by atoms with Gasteiger partial charge in [0.2, 0.25) is 5.91 Å². The molecule has 0 radical (unpaired) electrons. The van der Waals surface area contributed by atoms with Crippen molar-refractivity contribution >= 4 is 11.6 Å². The summed E-state index contributed by atoms with van der Waals surface area (Å²) in [6.07, 6.45) is 2.30. The fourth-order valence-corrected chi connectivity index (χ4v) is 3.65. The van der Waals surface area contributed by atoms with E-state index >= 15 is 0 Å². The molecule has 22 heavy (non-hydrogen) atoms. The predicted octanol–water partition coefficient (Wildman–Crippen LogP) is 2.42. The summed E-state index contributed by atoms with van der Waals surface area (Å²) in [7, 11) is 1.67. The van der Waals surface area contributed by atoms with Crippen LogP contribution in [-0.2, 0) is 16.8 Å². The highest BCUT2D eigenvalue weighted by molar-refractivity contribution is 5.77. The van der Waals surface area contributed by atoms with Gasteiger partial charge in [0, 0.05) is 37.8 Å². The van der Waals surface area contributed by atoms with Gasteiger partial charge in [-0.1, -0.05) is 26.0 Å². The summed E-state index contributed by atoms with van der Waals surface area (Å²) in [4.78, 5) is 13.9. The lowest BCUT2D eigenvalue weighted by Gasteiger charge is -2.29. The van der Waals surface area contributed by atoms with Crippen molar-refractivity contribution in [2.45, 2.75) is 45.6 Å². The zero-order valence-electron chi connectivity index (χ0n) is 14.3. The van der Waals surface area contributed by atoms with Gasteiger partial charge in [-0.25, -0.2) is 0 Å². The molecule has 1 aliphatic rings. The number of likely N-dealkylation sites (N-methyl/N-ethyl adjacent to an activating group) is 2. The molecule has 1 heterocycles. The van der Waals surface area contributed by atoms with Crippen molar-refractivity contribution in [1.82, 2.24) is 10.6 Å². The normalized spacial score (nSPS) is 15.7. The number of nitrogens with one attached hydrogen (secondary N) is 2.